The molecule has 0 spiro atoms. The molecular formula is C19H25NO6S. The number of carbonyl (C=O) groups is 2. The van der Waals surface area contributed by atoms with Crippen molar-refractivity contribution in [2.75, 3.05) is 18.1 Å². The van der Waals surface area contributed by atoms with Crippen molar-refractivity contribution in [1.82, 2.24) is 4.90 Å². The maximum absolute atomic E-state index is 12.8. The van der Waals surface area contributed by atoms with Crippen molar-refractivity contribution in [2.45, 2.75) is 50.6 Å². The second-order valence-electron chi connectivity index (χ2n) is 7.27. The number of phenols is 1. The molecule has 1 saturated carbocycles. The first kappa shape index (κ1) is 19.7. The van der Waals surface area contributed by atoms with Crippen LogP contribution in [0.5, 0.6) is 5.75 Å². The predicted octanol–water partition coefficient (Wildman–Crippen LogP) is 1.90. The molecular weight excluding hydrogens is 370 g/mol. The van der Waals surface area contributed by atoms with Crippen LogP contribution in [0.1, 0.15) is 48.9 Å². The Morgan fingerprint density at radius 3 is 2.30 bits per heavy atom. The molecule has 1 atom stereocenters. The molecule has 0 aromatic heterocycles. The van der Waals surface area contributed by atoms with Crippen LogP contribution in [0.3, 0.4) is 0 Å². The Hall–Kier alpha value is -2.09. The molecule has 8 heteroatoms. The first-order valence-electron chi connectivity index (χ1n) is 9.33. The fourth-order valence-electron chi connectivity index (χ4n) is 3.94. The highest BCUT2D eigenvalue weighted by Gasteiger charge is 2.38. The molecule has 2 fully saturated rings. The SMILES string of the molecule is O=C(OCC(=O)N(C1CCCCC1)[C@@H]1CCS(=O)(=O)C1)c1ccc(O)cc1. The summed E-state index contributed by atoms with van der Waals surface area (Å²) in [7, 11) is -3.12. The largest absolute Gasteiger partial charge is 0.508 e. The molecule has 0 bridgehead atoms. The molecule has 1 saturated heterocycles. The van der Waals surface area contributed by atoms with Crippen LogP contribution < -0.4 is 0 Å². The topological polar surface area (TPSA) is 101 Å². The summed E-state index contributed by atoms with van der Waals surface area (Å²) in [6.07, 6.45) is 5.30. The molecule has 27 heavy (non-hydrogen) atoms. The first-order valence-corrected chi connectivity index (χ1v) is 11.2. The van der Waals surface area contributed by atoms with Gasteiger partial charge in [0.25, 0.3) is 5.91 Å². The van der Waals surface area contributed by atoms with Gasteiger partial charge in [-0.25, -0.2) is 13.2 Å². The average molecular weight is 395 g/mol. The fraction of sp³-hybridized carbons (Fsp3) is 0.579. The number of esters is 1. The van der Waals surface area contributed by atoms with Gasteiger partial charge >= 0.3 is 5.97 Å². The van der Waals surface area contributed by atoms with Gasteiger partial charge in [-0.1, -0.05) is 19.3 Å². The highest BCUT2D eigenvalue weighted by atomic mass is 32.2. The lowest BCUT2D eigenvalue weighted by atomic mass is 9.93. The van der Waals surface area contributed by atoms with Gasteiger partial charge in [-0.3, -0.25) is 4.79 Å². The number of rotatable bonds is 5. The molecule has 1 N–H and O–H groups in total. The minimum Gasteiger partial charge on any atom is -0.508 e. The molecule has 0 unspecified atom stereocenters. The van der Waals surface area contributed by atoms with E-state index in [1.165, 1.54) is 24.3 Å². The summed E-state index contributed by atoms with van der Waals surface area (Å²) in [5.74, 6) is -0.863. The van der Waals surface area contributed by atoms with Crippen molar-refractivity contribution in [3.8, 4) is 5.75 Å². The lowest BCUT2D eigenvalue weighted by Crippen LogP contribution is -2.50. The van der Waals surface area contributed by atoms with Gasteiger partial charge in [0.2, 0.25) is 0 Å². The number of phenolic OH excluding ortho intramolecular Hbond substituents is 1. The second kappa shape index (κ2) is 8.29. The molecule has 1 aliphatic carbocycles. The van der Waals surface area contributed by atoms with Crippen molar-refractivity contribution < 1.29 is 27.9 Å². The van der Waals surface area contributed by atoms with Gasteiger partial charge in [-0.2, -0.15) is 0 Å². The average Bonchev–Trinajstić information content (AvgIpc) is 3.00. The van der Waals surface area contributed by atoms with E-state index in [0.717, 1.165) is 32.1 Å². The van der Waals surface area contributed by atoms with Crippen molar-refractivity contribution in [1.29, 1.82) is 0 Å². The number of amides is 1. The minimum absolute atomic E-state index is 0.0110. The fourth-order valence-corrected chi connectivity index (χ4v) is 5.65. The number of nitrogens with zero attached hydrogens (tertiary/aromatic N) is 1. The third-order valence-electron chi connectivity index (χ3n) is 5.29. The monoisotopic (exact) mass is 395 g/mol. The summed E-state index contributed by atoms with van der Waals surface area (Å²) < 4.78 is 28.9. The standard InChI is InChI=1S/C19H25NO6S/c21-17-8-6-14(7-9-17)19(23)26-12-18(22)20(15-4-2-1-3-5-15)16-10-11-27(24,25)13-16/h6-9,15-16,21H,1-5,10-13H2/t16-/m1/s1. The van der Waals surface area contributed by atoms with Crippen LogP contribution in [0.2, 0.25) is 0 Å². The van der Waals surface area contributed by atoms with E-state index in [0.29, 0.717) is 6.42 Å². The molecule has 1 aliphatic heterocycles. The molecule has 1 heterocycles. The Bertz CT molecular complexity index is 783. The van der Waals surface area contributed by atoms with Crippen LogP contribution in [-0.4, -0.2) is 60.5 Å². The number of benzene rings is 1. The van der Waals surface area contributed by atoms with E-state index in [-0.39, 0.29) is 40.8 Å². The van der Waals surface area contributed by atoms with E-state index in [1.807, 2.05) is 0 Å². The summed E-state index contributed by atoms with van der Waals surface area (Å²) in [5, 5.41) is 9.28. The zero-order chi connectivity index (χ0) is 19.4. The normalized spacial score (nSPS) is 22.3. The summed E-state index contributed by atoms with van der Waals surface area (Å²) >= 11 is 0. The summed E-state index contributed by atoms with van der Waals surface area (Å²) in [6.45, 7) is -0.410. The van der Waals surface area contributed by atoms with E-state index in [9.17, 15) is 23.1 Å². The molecule has 1 amide bonds. The number of carbonyl (C=O) groups excluding carboxylic acids is 2. The maximum Gasteiger partial charge on any atom is 0.338 e. The van der Waals surface area contributed by atoms with E-state index < -0.39 is 22.4 Å². The van der Waals surface area contributed by atoms with Crippen LogP contribution in [0.4, 0.5) is 0 Å². The Balaban J connectivity index is 1.67. The van der Waals surface area contributed by atoms with Crippen LogP contribution in [0.25, 0.3) is 0 Å². The number of aromatic hydroxyl groups is 1. The van der Waals surface area contributed by atoms with Gasteiger partial charge in [0.1, 0.15) is 5.75 Å². The molecule has 0 radical (unpaired) electrons. The van der Waals surface area contributed by atoms with Crippen molar-refractivity contribution in [2.24, 2.45) is 0 Å². The lowest BCUT2D eigenvalue weighted by Gasteiger charge is -2.38. The van der Waals surface area contributed by atoms with Crippen molar-refractivity contribution in [3.63, 3.8) is 0 Å². The van der Waals surface area contributed by atoms with E-state index in [2.05, 4.69) is 0 Å². The predicted molar refractivity (Wildman–Crippen MR) is 99.2 cm³/mol. The second-order valence-corrected chi connectivity index (χ2v) is 9.50. The highest BCUT2D eigenvalue weighted by molar-refractivity contribution is 7.91. The molecule has 7 nitrogen and oxygen atoms in total. The minimum atomic E-state index is -3.12. The van der Waals surface area contributed by atoms with Crippen LogP contribution in [-0.2, 0) is 19.4 Å². The van der Waals surface area contributed by atoms with Crippen molar-refractivity contribution in [3.05, 3.63) is 29.8 Å². The third kappa shape index (κ3) is 5.00. The van der Waals surface area contributed by atoms with Gasteiger partial charge in [0.05, 0.1) is 17.1 Å². The quantitative estimate of drug-likeness (QED) is 0.764. The van der Waals surface area contributed by atoms with E-state index in [4.69, 9.17) is 4.74 Å². The first-order chi connectivity index (χ1) is 12.9. The third-order valence-corrected chi connectivity index (χ3v) is 7.04. The molecule has 3 rings (SSSR count). The number of hydrogen-bond acceptors (Lipinski definition) is 6. The number of hydrogen-bond donors (Lipinski definition) is 1. The van der Waals surface area contributed by atoms with Gasteiger partial charge in [-0.05, 0) is 43.5 Å². The van der Waals surface area contributed by atoms with Crippen LogP contribution >= 0.6 is 0 Å². The summed E-state index contributed by atoms with van der Waals surface area (Å²) in [4.78, 5) is 26.6. The summed E-state index contributed by atoms with van der Waals surface area (Å²) in [5.41, 5.74) is 0.244. The maximum atomic E-state index is 12.8. The Kier molecular flexibility index (Phi) is 6.04. The van der Waals surface area contributed by atoms with Gasteiger partial charge in [0, 0.05) is 12.1 Å². The van der Waals surface area contributed by atoms with Crippen molar-refractivity contribution >= 4 is 21.7 Å². The lowest BCUT2D eigenvalue weighted by molar-refractivity contribution is -0.140. The number of sulfone groups is 1. The van der Waals surface area contributed by atoms with Crippen LogP contribution in [0, 0.1) is 0 Å². The molecule has 148 valence electrons. The highest BCUT2D eigenvalue weighted by Crippen LogP contribution is 2.28. The zero-order valence-corrected chi connectivity index (χ0v) is 16.0. The molecule has 1 aromatic rings. The summed E-state index contributed by atoms with van der Waals surface area (Å²) in [6, 6.07) is 5.26. The Labute approximate surface area is 159 Å². The van der Waals surface area contributed by atoms with E-state index in [1.54, 1.807) is 4.90 Å². The van der Waals surface area contributed by atoms with E-state index >= 15 is 0 Å². The van der Waals surface area contributed by atoms with Gasteiger partial charge < -0.3 is 14.7 Å². The number of ether oxygens (including phenoxy) is 1. The van der Waals surface area contributed by atoms with Gasteiger partial charge in [0.15, 0.2) is 16.4 Å². The van der Waals surface area contributed by atoms with Crippen LogP contribution in [0.15, 0.2) is 24.3 Å². The Morgan fingerprint density at radius 2 is 1.70 bits per heavy atom. The smallest absolute Gasteiger partial charge is 0.338 e. The molecule has 1 aromatic carbocycles. The molecule has 2 aliphatic rings. The Morgan fingerprint density at radius 1 is 1.04 bits per heavy atom. The zero-order valence-electron chi connectivity index (χ0n) is 15.2. The van der Waals surface area contributed by atoms with Gasteiger partial charge in [-0.15, -0.1) is 0 Å².